The van der Waals surface area contributed by atoms with E-state index in [0.29, 0.717) is 17.2 Å². The number of methoxy groups -OCH3 is 2. The second-order valence-corrected chi connectivity index (χ2v) is 7.65. The van der Waals surface area contributed by atoms with E-state index in [1.807, 2.05) is 0 Å². The maximum Gasteiger partial charge on any atom is 0.371 e. The molecule has 16 heteroatoms. The highest BCUT2D eigenvalue weighted by atomic mass is 16.7. The van der Waals surface area contributed by atoms with Crippen molar-refractivity contribution in [3.63, 3.8) is 0 Å². The number of hydrogen-bond acceptors (Lipinski definition) is 16. The normalized spacial score (nSPS) is 12.5. The molecular formula is C26H32O16. The van der Waals surface area contributed by atoms with Gasteiger partial charge in [-0.15, -0.1) is 0 Å². The van der Waals surface area contributed by atoms with Gasteiger partial charge in [-0.2, -0.15) is 0 Å². The Morgan fingerprint density at radius 3 is 2.02 bits per heavy atom. The highest BCUT2D eigenvalue weighted by molar-refractivity contribution is 6.20. The Hall–Kier alpha value is -4.67. The highest BCUT2D eigenvalue weighted by Gasteiger charge is 2.32. The fourth-order valence-corrected chi connectivity index (χ4v) is 3.19. The van der Waals surface area contributed by atoms with Gasteiger partial charge >= 0.3 is 11.9 Å². The maximum absolute atomic E-state index is 11.7. The van der Waals surface area contributed by atoms with Crippen LogP contribution < -0.4 is 28.4 Å². The molecule has 16 nitrogen and oxygen atoms in total. The van der Waals surface area contributed by atoms with Crippen LogP contribution in [0.1, 0.15) is 25.5 Å². The lowest BCUT2D eigenvalue weighted by molar-refractivity contribution is -0.153. The summed E-state index contributed by atoms with van der Waals surface area (Å²) in [6.07, 6.45) is -1.44. The first-order valence-corrected chi connectivity index (χ1v) is 12.2. The quantitative estimate of drug-likeness (QED) is 0.145. The van der Waals surface area contributed by atoms with Gasteiger partial charge in [0.25, 0.3) is 0 Å². The first-order chi connectivity index (χ1) is 20.2. The Balaban J connectivity index is 0.000000252. The molecule has 0 amide bonds. The van der Waals surface area contributed by atoms with E-state index in [2.05, 4.69) is 4.74 Å². The number of ether oxygens (including phenoxy) is 10. The van der Waals surface area contributed by atoms with E-state index in [4.69, 9.17) is 42.6 Å². The summed E-state index contributed by atoms with van der Waals surface area (Å²) in [5.74, 6) is -0.751. The monoisotopic (exact) mass is 600 g/mol. The van der Waals surface area contributed by atoms with Crippen molar-refractivity contribution in [2.24, 2.45) is 0 Å². The van der Waals surface area contributed by atoms with Crippen molar-refractivity contribution >= 4 is 18.2 Å². The minimum absolute atomic E-state index is 0.000511. The molecule has 4 rings (SSSR count). The van der Waals surface area contributed by atoms with E-state index in [1.165, 1.54) is 20.3 Å². The van der Waals surface area contributed by atoms with Crippen LogP contribution in [0.2, 0.25) is 0 Å². The first kappa shape index (κ1) is 33.5. The van der Waals surface area contributed by atoms with Gasteiger partial charge in [-0.05, 0) is 32.0 Å². The largest absolute Gasteiger partial charge is 0.502 e. The zero-order chi connectivity index (χ0) is 31.1. The summed E-state index contributed by atoms with van der Waals surface area (Å²) < 4.78 is 49.1. The maximum atomic E-state index is 11.7. The van der Waals surface area contributed by atoms with Crippen molar-refractivity contribution in [3.05, 3.63) is 23.8 Å². The lowest BCUT2D eigenvalue weighted by Gasteiger charge is -2.15. The number of hydrogen-bond donors (Lipinski definition) is 3. The molecule has 3 N–H and O–H groups in total. The number of benzene rings is 2. The van der Waals surface area contributed by atoms with Gasteiger partial charge in [0.1, 0.15) is 0 Å². The van der Waals surface area contributed by atoms with Crippen LogP contribution >= 0.6 is 0 Å². The molecule has 0 spiro atoms. The van der Waals surface area contributed by atoms with Crippen LogP contribution in [-0.2, 0) is 33.3 Å². The van der Waals surface area contributed by atoms with Gasteiger partial charge in [0.05, 0.1) is 13.2 Å². The number of phenolic OH excluding ortho intramolecular Hbond substituents is 2. The minimum Gasteiger partial charge on any atom is -0.502 e. The van der Waals surface area contributed by atoms with Gasteiger partial charge in [-0.25, -0.2) is 9.59 Å². The molecule has 0 aliphatic carbocycles. The number of esters is 2. The predicted octanol–water partition coefficient (Wildman–Crippen LogP) is 1.55. The SMILES string of the molecule is CCOC(=O)C(O)c1cc(OCOC)c(O)c2c1OCO2.CCOC(=O)C=O.COCOc1ccc2c(c1O)OCO2. The molecule has 232 valence electrons. The summed E-state index contributed by atoms with van der Waals surface area (Å²) in [6.45, 7) is 3.59. The number of aliphatic hydroxyl groups excluding tert-OH is 1. The molecule has 2 heterocycles. The minimum atomic E-state index is -1.58. The van der Waals surface area contributed by atoms with Gasteiger partial charge < -0.3 is 62.7 Å². The van der Waals surface area contributed by atoms with Gasteiger partial charge in [-0.1, -0.05) is 0 Å². The second kappa shape index (κ2) is 17.2. The third kappa shape index (κ3) is 8.92. The molecule has 0 radical (unpaired) electrons. The number of aldehydes is 1. The number of phenols is 2. The van der Waals surface area contributed by atoms with Crippen LogP contribution in [0.5, 0.6) is 46.0 Å². The molecule has 2 aromatic rings. The van der Waals surface area contributed by atoms with E-state index in [-0.39, 0.29) is 81.0 Å². The number of aromatic hydroxyl groups is 2. The highest BCUT2D eigenvalue weighted by Crippen LogP contribution is 2.50. The zero-order valence-electron chi connectivity index (χ0n) is 23.3. The van der Waals surface area contributed by atoms with Gasteiger partial charge in [0, 0.05) is 19.8 Å². The van der Waals surface area contributed by atoms with Gasteiger partial charge in [-0.3, -0.25) is 4.79 Å². The molecule has 1 unspecified atom stereocenters. The van der Waals surface area contributed by atoms with Crippen molar-refractivity contribution in [3.8, 4) is 46.0 Å². The molecule has 0 aromatic heterocycles. The standard InChI is InChI=1S/C13H16O8.C9H10O5.C4H6O3/c1-3-18-13(16)9(14)7-4-8(19-5-17-2)10(15)12-11(7)20-6-21-12;1-11-4-12-6-2-3-7-9(8(6)10)14-5-13-7;1-2-7-4(6)3-5/h4,9,14-15H,3,5-6H2,1-2H3;2-3,10H,4-5H2,1H3;3H,2H2,1H3. The average molecular weight is 601 g/mol. The lowest BCUT2D eigenvalue weighted by atomic mass is 10.1. The van der Waals surface area contributed by atoms with Crippen molar-refractivity contribution in [1.29, 1.82) is 0 Å². The zero-order valence-corrected chi connectivity index (χ0v) is 23.3. The van der Waals surface area contributed by atoms with Gasteiger partial charge in [0.2, 0.25) is 42.9 Å². The summed E-state index contributed by atoms with van der Waals surface area (Å²) in [5.41, 5.74) is 0.0878. The number of aliphatic hydroxyl groups is 1. The van der Waals surface area contributed by atoms with Crippen molar-refractivity contribution in [1.82, 2.24) is 0 Å². The van der Waals surface area contributed by atoms with Crippen LogP contribution in [0.4, 0.5) is 0 Å². The third-order valence-corrected chi connectivity index (χ3v) is 4.94. The number of rotatable bonds is 11. The van der Waals surface area contributed by atoms with E-state index in [1.54, 1.807) is 26.0 Å². The van der Waals surface area contributed by atoms with Crippen LogP contribution in [-0.4, -0.2) is 88.1 Å². The molecule has 2 aromatic carbocycles. The van der Waals surface area contributed by atoms with Crippen LogP contribution in [0, 0.1) is 0 Å². The van der Waals surface area contributed by atoms with E-state index in [9.17, 15) is 29.7 Å². The Morgan fingerprint density at radius 1 is 0.857 bits per heavy atom. The molecule has 2 aliphatic rings. The van der Waals surface area contributed by atoms with Crippen molar-refractivity contribution in [2.45, 2.75) is 20.0 Å². The predicted molar refractivity (Wildman–Crippen MR) is 138 cm³/mol. The number of carbonyl (C=O) groups excluding carboxylic acids is 3. The Bertz CT molecular complexity index is 1200. The van der Waals surface area contributed by atoms with E-state index < -0.39 is 18.0 Å². The fraction of sp³-hybridized carbons (Fsp3) is 0.423. The Morgan fingerprint density at radius 2 is 1.43 bits per heavy atom. The van der Waals surface area contributed by atoms with Crippen molar-refractivity contribution < 1.29 is 77.1 Å². The number of fused-ring (bicyclic) bond motifs is 2. The summed E-state index contributed by atoms with van der Waals surface area (Å²) in [5, 5.41) is 29.7. The molecule has 2 aliphatic heterocycles. The summed E-state index contributed by atoms with van der Waals surface area (Å²) in [7, 11) is 2.92. The third-order valence-electron chi connectivity index (χ3n) is 4.94. The Kier molecular flexibility index (Phi) is 13.7. The molecule has 0 bridgehead atoms. The van der Waals surface area contributed by atoms with Crippen LogP contribution in [0.15, 0.2) is 18.2 Å². The summed E-state index contributed by atoms with van der Waals surface area (Å²) in [4.78, 5) is 30.9. The molecule has 0 saturated carbocycles. The second-order valence-electron chi connectivity index (χ2n) is 7.65. The molecular weight excluding hydrogens is 568 g/mol. The van der Waals surface area contributed by atoms with Crippen LogP contribution in [0.25, 0.3) is 0 Å². The van der Waals surface area contributed by atoms with Crippen LogP contribution in [0.3, 0.4) is 0 Å². The first-order valence-electron chi connectivity index (χ1n) is 12.2. The molecule has 42 heavy (non-hydrogen) atoms. The summed E-state index contributed by atoms with van der Waals surface area (Å²) in [6, 6.07) is 4.55. The average Bonchev–Trinajstić information content (AvgIpc) is 3.68. The topological polar surface area (TPSA) is 204 Å². The van der Waals surface area contributed by atoms with Crippen molar-refractivity contribution in [2.75, 3.05) is 54.6 Å². The fourth-order valence-electron chi connectivity index (χ4n) is 3.19. The van der Waals surface area contributed by atoms with E-state index >= 15 is 0 Å². The molecule has 1 atom stereocenters. The molecule has 0 saturated heterocycles. The smallest absolute Gasteiger partial charge is 0.371 e. The summed E-state index contributed by atoms with van der Waals surface area (Å²) >= 11 is 0. The molecule has 0 fully saturated rings. The van der Waals surface area contributed by atoms with E-state index in [0.717, 1.165) is 0 Å². The number of carbonyl (C=O) groups is 3. The lowest BCUT2D eigenvalue weighted by Crippen LogP contribution is -2.16. The Labute approximate surface area is 240 Å². The van der Waals surface area contributed by atoms with Gasteiger partial charge in [0.15, 0.2) is 42.7 Å².